The summed E-state index contributed by atoms with van der Waals surface area (Å²) in [5.41, 5.74) is -0.658. The molecule has 0 amide bonds. The first kappa shape index (κ1) is 6.34. The molecule has 55 valence electrons. The average Bonchev–Trinajstić information content (AvgIpc) is 1.92. The summed E-state index contributed by atoms with van der Waals surface area (Å²) in [5, 5.41) is 9.35. The number of fused-ring (bicyclic) bond motifs is 2. The number of hydrogen-bond acceptors (Lipinski definition) is 3. The number of aliphatic hydroxyl groups excluding tert-OH is 1. The van der Waals surface area contributed by atoms with E-state index in [9.17, 15) is 5.11 Å². The van der Waals surface area contributed by atoms with Crippen LogP contribution in [-0.4, -0.2) is 22.9 Å². The van der Waals surface area contributed by atoms with E-state index in [0.717, 1.165) is 0 Å². The molecule has 3 aliphatic rings. The molecule has 3 atom stereocenters. The Hall–Kier alpha value is -0.380. The van der Waals surface area contributed by atoms with Gasteiger partial charge in [-0.25, -0.2) is 9.78 Å². The Morgan fingerprint density at radius 3 is 2.70 bits per heavy atom. The van der Waals surface area contributed by atoms with Crippen molar-refractivity contribution in [3.8, 4) is 0 Å². The zero-order valence-electron chi connectivity index (χ0n) is 5.65. The van der Waals surface area contributed by atoms with Crippen molar-refractivity contribution >= 4 is 0 Å². The van der Waals surface area contributed by atoms with Crippen molar-refractivity contribution in [1.29, 1.82) is 0 Å². The molecule has 3 heteroatoms. The SMILES string of the molecule is C[C@@]12C=C[C@@H]([CH][C@@H]1O)OO2. The molecule has 0 saturated carbocycles. The minimum absolute atomic E-state index is 0.170. The summed E-state index contributed by atoms with van der Waals surface area (Å²) in [4.78, 5) is 9.76. The van der Waals surface area contributed by atoms with Gasteiger partial charge in [0.15, 0.2) is 0 Å². The molecule has 0 unspecified atom stereocenters. The monoisotopic (exact) mass is 141 g/mol. The zero-order valence-corrected chi connectivity index (χ0v) is 5.65. The first-order chi connectivity index (χ1) is 4.71. The molecule has 1 fully saturated rings. The fraction of sp³-hybridized carbons (Fsp3) is 0.571. The second-order valence-corrected chi connectivity index (χ2v) is 2.82. The highest BCUT2D eigenvalue weighted by Crippen LogP contribution is 2.32. The molecule has 2 aliphatic heterocycles. The minimum Gasteiger partial charge on any atom is -0.389 e. The van der Waals surface area contributed by atoms with Crippen LogP contribution in [0.1, 0.15) is 6.92 Å². The Labute approximate surface area is 59.2 Å². The zero-order chi connectivity index (χ0) is 7.19. The second-order valence-electron chi connectivity index (χ2n) is 2.82. The maximum Gasteiger partial charge on any atom is 0.145 e. The molecule has 2 bridgehead atoms. The van der Waals surface area contributed by atoms with Crippen LogP contribution in [0.2, 0.25) is 0 Å². The summed E-state index contributed by atoms with van der Waals surface area (Å²) in [6.45, 7) is 1.78. The van der Waals surface area contributed by atoms with Crippen LogP contribution in [-0.2, 0) is 9.78 Å². The van der Waals surface area contributed by atoms with E-state index in [1.165, 1.54) is 0 Å². The maximum absolute atomic E-state index is 9.35. The van der Waals surface area contributed by atoms with Crippen LogP contribution in [0.3, 0.4) is 0 Å². The third-order valence-corrected chi connectivity index (χ3v) is 1.91. The van der Waals surface area contributed by atoms with E-state index in [4.69, 9.17) is 9.78 Å². The number of hydrogen-bond donors (Lipinski definition) is 1. The van der Waals surface area contributed by atoms with Gasteiger partial charge in [-0.3, -0.25) is 0 Å². The van der Waals surface area contributed by atoms with Crippen LogP contribution in [0.4, 0.5) is 0 Å². The highest BCUT2D eigenvalue weighted by molar-refractivity contribution is 5.20. The van der Waals surface area contributed by atoms with Crippen molar-refractivity contribution in [3.05, 3.63) is 18.6 Å². The van der Waals surface area contributed by atoms with Crippen molar-refractivity contribution in [1.82, 2.24) is 0 Å². The van der Waals surface area contributed by atoms with Crippen LogP contribution in [0.5, 0.6) is 0 Å². The predicted octanol–water partition coefficient (Wildman–Crippen LogP) is 0.210. The lowest BCUT2D eigenvalue weighted by molar-refractivity contribution is -0.396. The Kier molecular flexibility index (Phi) is 1.15. The first-order valence-corrected chi connectivity index (χ1v) is 3.28. The normalized spacial score (nSPS) is 51.8. The smallest absolute Gasteiger partial charge is 0.145 e. The lowest BCUT2D eigenvalue weighted by atomic mass is 9.87. The van der Waals surface area contributed by atoms with Crippen molar-refractivity contribution in [2.45, 2.75) is 24.7 Å². The van der Waals surface area contributed by atoms with Gasteiger partial charge in [-0.1, -0.05) is 6.08 Å². The first-order valence-electron chi connectivity index (χ1n) is 3.28. The Bertz CT molecular complexity index is 178. The van der Waals surface area contributed by atoms with Gasteiger partial charge in [0.25, 0.3) is 0 Å². The molecule has 1 saturated heterocycles. The van der Waals surface area contributed by atoms with Crippen molar-refractivity contribution in [2.24, 2.45) is 0 Å². The molecule has 2 heterocycles. The van der Waals surface area contributed by atoms with E-state index >= 15 is 0 Å². The molecule has 0 aromatic heterocycles. The Balaban J connectivity index is 2.31. The van der Waals surface area contributed by atoms with Crippen molar-refractivity contribution < 1.29 is 14.9 Å². The average molecular weight is 141 g/mol. The van der Waals surface area contributed by atoms with Crippen LogP contribution in [0.15, 0.2) is 12.2 Å². The van der Waals surface area contributed by atoms with Crippen LogP contribution in [0, 0.1) is 6.42 Å². The van der Waals surface area contributed by atoms with Gasteiger partial charge in [-0.05, 0) is 13.0 Å². The summed E-state index contributed by atoms with van der Waals surface area (Å²) in [7, 11) is 0. The summed E-state index contributed by atoms with van der Waals surface area (Å²) in [5.74, 6) is 0. The Morgan fingerprint density at radius 1 is 1.60 bits per heavy atom. The molecule has 1 radical (unpaired) electrons. The van der Waals surface area contributed by atoms with E-state index < -0.39 is 11.7 Å². The maximum atomic E-state index is 9.35. The van der Waals surface area contributed by atoms with Crippen LogP contribution >= 0.6 is 0 Å². The van der Waals surface area contributed by atoms with Gasteiger partial charge in [-0.2, -0.15) is 0 Å². The molecule has 1 N–H and O–H groups in total. The van der Waals surface area contributed by atoms with Gasteiger partial charge in [-0.15, -0.1) is 0 Å². The van der Waals surface area contributed by atoms with E-state index in [2.05, 4.69) is 0 Å². The highest BCUT2D eigenvalue weighted by atomic mass is 17.2. The largest absolute Gasteiger partial charge is 0.389 e. The van der Waals surface area contributed by atoms with Gasteiger partial charge in [0, 0.05) is 6.42 Å². The van der Waals surface area contributed by atoms with Crippen LogP contribution < -0.4 is 0 Å². The van der Waals surface area contributed by atoms with Crippen LogP contribution in [0.25, 0.3) is 0 Å². The standard InChI is InChI=1S/C7H9O3/c1-7-3-2-5(9-10-7)4-6(7)8/h2-6,8H,1H3/t5-,6-,7+/m0/s1. The lowest BCUT2D eigenvalue weighted by Gasteiger charge is -2.41. The van der Waals surface area contributed by atoms with Gasteiger partial charge in [0.05, 0.1) is 6.10 Å². The molecule has 0 aromatic carbocycles. The van der Waals surface area contributed by atoms with Gasteiger partial charge < -0.3 is 5.11 Å². The fourth-order valence-electron chi connectivity index (χ4n) is 1.12. The molecule has 10 heavy (non-hydrogen) atoms. The quantitative estimate of drug-likeness (QED) is 0.387. The van der Waals surface area contributed by atoms with E-state index in [1.807, 2.05) is 12.2 Å². The molecule has 3 rings (SSSR count). The summed E-state index contributed by atoms with van der Waals surface area (Å²) in [6, 6.07) is 0. The number of aliphatic hydroxyl groups is 1. The molecule has 0 spiro atoms. The summed E-state index contributed by atoms with van der Waals surface area (Å²) >= 11 is 0. The van der Waals surface area contributed by atoms with E-state index in [-0.39, 0.29) is 6.10 Å². The minimum atomic E-state index is -0.658. The molecular weight excluding hydrogens is 132 g/mol. The van der Waals surface area contributed by atoms with Crippen molar-refractivity contribution in [3.63, 3.8) is 0 Å². The predicted molar refractivity (Wildman–Crippen MR) is 33.8 cm³/mol. The van der Waals surface area contributed by atoms with E-state index in [1.54, 1.807) is 13.3 Å². The second kappa shape index (κ2) is 1.81. The molecule has 1 aliphatic carbocycles. The molecular formula is C7H9O3. The molecule has 0 aromatic rings. The Morgan fingerprint density at radius 2 is 2.40 bits per heavy atom. The summed E-state index contributed by atoms with van der Waals surface area (Å²) in [6.07, 6.45) is 4.69. The van der Waals surface area contributed by atoms with Gasteiger partial charge >= 0.3 is 0 Å². The topological polar surface area (TPSA) is 38.7 Å². The number of rotatable bonds is 0. The van der Waals surface area contributed by atoms with Crippen molar-refractivity contribution in [2.75, 3.05) is 0 Å². The third-order valence-electron chi connectivity index (χ3n) is 1.91. The lowest BCUT2D eigenvalue weighted by Crippen LogP contribution is -2.51. The molecule has 3 nitrogen and oxygen atoms in total. The van der Waals surface area contributed by atoms with E-state index in [0.29, 0.717) is 0 Å². The van der Waals surface area contributed by atoms with Gasteiger partial charge in [0.1, 0.15) is 11.7 Å². The highest BCUT2D eigenvalue weighted by Gasteiger charge is 2.43. The third kappa shape index (κ3) is 0.714. The fourth-order valence-corrected chi connectivity index (χ4v) is 1.12. The summed E-state index contributed by atoms with van der Waals surface area (Å²) < 4.78 is 0. The van der Waals surface area contributed by atoms with Gasteiger partial charge in [0.2, 0.25) is 0 Å².